The molecule has 1 unspecified atom stereocenters. The summed E-state index contributed by atoms with van der Waals surface area (Å²) < 4.78 is 22.9. The summed E-state index contributed by atoms with van der Waals surface area (Å²) in [5.74, 6) is 0. The van der Waals surface area contributed by atoms with Crippen LogP contribution in [-0.4, -0.2) is 25.2 Å². The Kier molecular flexibility index (Phi) is 6.27. The molecule has 18 heavy (non-hydrogen) atoms. The van der Waals surface area contributed by atoms with Gasteiger partial charge < -0.3 is 13.8 Å². The Morgan fingerprint density at radius 2 is 1.72 bits per heavy atom. The molecule has 0 radical (unpaired) electrons. The van der Waals surface area contributed by atoms with E-state index in [4.69, 9.17) is 9.05 Å². The SMILES string of the molecule is CCOP(=O)(OCC)C(C=O)Cc1ccccc1. The molecule has 100 valence electrons. The second-order valence-electron chi connectivity index (χ2n) is 3.77. The molecule has 4 nitrogen and oxygen atoms in total. The highest BCUT2D eigenvalue weighted by Gasteiger charge is 2.35. The minimum atomic E-state index is -3.36. The smallest absolute Gasteiger partial charge is 0.308 e. The van der Waals surface area contributed by atoms with Gasteiger partial charge in [-0.3, -0.25) is 4.57 Å². The zero-order valence-corrected chi connectivity index (χ0v) is 11.6. The number of aldehydes is 1. The number of hydrogen-bond donors (Lipinski definition) is 0. The number of benzene rings is 1. The molecule has 0 aromatic heterocycles. The van der Waals surface area contributed by atoms with Crippen LogP contribution < -0.4 is 0 Å². The summed E-state index contributed by atoms with van der Waals surface area (Å²) in [5, 5.41) is 0. The predicted octanol–water partition coefficient (Wildman–Crippen LogP) is 3.06. The van der Waals surface area contributed by atoms with Crippen molar-refractivity contribution in [3.8, 4) is 0 Å². The van der Waals surface area contributed by atoms with Crippen LogP contribution in [0.4, 0.5) is 0 Å². The Morgan fingerprint density at radius 1 is 1.17 bits per heavy atom. The molecule has 0 N–H and O–H groups in total. The standard InChI is InChI=1S/C13H19O4P/c1-3-16-18(15,17-4-2)13(11-14)10-12-8-6-5-7-9-12/h5-9,11,13H,3-4,10H2,1-2H3. The van der Waals surface area contributed by atoms with Crippen LogP contribution in [0.25, 0.3) is 0 Å². The fourth-order valence-electron chi connectivity index (χ4n) is 1.68. The average molecular weight is 270 g/mol. The number of hydrogen-bond acceptors (Lipinski definition) is 4. The molecule has 0 heterocycles. The average Bonchev–Trinajstić information content (AvgIpc) is 2.37. The maximum atomic E-state index is 12.5. The molecule has 1 rings (SSSR count). The quantitative estimate of drug-likeness (QED) is 0.538. The Balaban J connectivity index is 2.86. The van der Waals surface area contributed by atoms with E-state index in [0.717, 1.165) is 5.56 Å². The van der Waals surface area contributed by atoms with Gasteiger partial charge in [-0.05, 0) is 25.8 Å². The Labute approximate surface area is 108 Å². The topological polar surface area (TPSA) is 52.6 Å². The Morgan fingerprint density at radius 3 is 2.17 bits per heavy atom. The monoisotopic (exact) mass is 270 g/mol. The van der Waals surface area contributed by atoms with Gasteiger partial charge in [0, 0.05) is 0 Å². The highest BCUT2D eigenvalue weighted by molar-refractivity contribution is 7.55. The van der Waals surface area contributed by atoms with Crippen LogP contribution >= 0.6 is 7.60 Å². The number of carbonyl (C=O) groups excluding carboxylic acids is 1. The molecule has 0 bridgehead atoms. The molecule has 0 aliphatic rings. The summed E-state index contributed by atoms with van der Waals surface area (Å²) in [4.78, 5) is 11.2. The highest BCUT2D eigenvalue weighted by Crippen LogP contribution is 2.53. The zero-order valence-electron chi connectivity index (χ0n) is 10.7. The first kappa shape index (κ1) is 15.1. The largest absolute Gasteiger partial charge is 0.341 e. The second kappa shape index (κ2) is 7.47. The molecule has 0 amide bonds. The van der Waals surface area contributed by atoms with Gasteiger partial charge in [0.15, 0.2) is 0 Å². The molecule has 0 saturated heterocycles. The molecule has 0 spiro atoms. The van der Waals surface area contributed by atoms with E-state index in [1.165, 1.54) is 0 Å². The zero-order chi connectivity index (χ0) is 13.4. The van der Waals surface area contributed by atoms with Gasteiger partial charge in [-0.15, -0.1) is 0 Å². The first-order chi connectivity index (χ1) is 8.66. The molecule has 5 heteroatoms. The summed E-state index contributed by atoms with van der Waals surface area (Å²) in [6, 6.07) is 9.43. The van der Waals surface area contributed by atoms with E-state index in [1.807, 2.05) is 30.3 Å². The van der Waals surface area contributed by atoms with E-state index in [0.29, 0.717) is 12.7 Å². The molecule has 1 aromatic rings. The molecule has 0 aliphatic heterocycles. The Bertz CT molecular complexity index is 395. The summed E-state index contributed by atoms with van der Waals surface area (Å²) >= 11 is 0. The van der Waals surface area contributed by atoms with Crippen LogP contribution in [0, 0.1) is 0 Å². The lowest BCUT2D eigenvalue weighted by molar-refractivity contribution is -0.107. The summed E-state index contributed by atoms with van der Waals surface area (Å²) in [6.45, 7) is 3.99. The maximum absolute atomic E-state index is 12.5. The van der Waals surface area contributed by atoms with E-state index in [9.17, 15) is 9.36 Å². The second-order valence-corrected chi connectivity index (χ2v) is 6.03. The summed E-state index contributed by atoms with van der Waals surface area (Å²) in [6.07, 6.45) is 1.03. The summed E-state index contributed by atoms with van der Waals surface area (Å²) in [5.41, 5.74) is 0.189. The lowest BCUT2D eigenvalue weighted by atomic mass is 10.1. The van der Waals surface area contributed by atoms with Crippen molar-refractivity contribution in [2.75, 3.05) is 13.2 Å². The van der Waals surface area contributed by atoms with E-state index in [-0.39, 0.29) is 13.2 Å². The van der Waals surface area contributed by atoms with Crippen molar-refractivity contribution in [3.05, 3.63) is 35.9 Å². The van der Waals surface area contributed by atoms with Crippen LogP contribution in [0.15, 0.2) is 30.3 Å². The van der Waals surface area contributed by atoms with Gasteiger partial charge in [-0.2, -0.15) is 0 Å². The van der Waals surface area contributed by atoms with Crippen molar-refractivity contribution in [2.45, 2.75) is 25.9 Å². The fraction of sp³-hybridized carbons (Fsp3) is 0.462. The number of rotatable bonds is 8. The molecule has 0 aliphatic carbocycles. The predicted molar refractivity (Wildman–Crippen MR) is 70.9 cm³/mol. The van der Waals surface area contributed by atoms with Crippen molar-refractivity contribution in [2.24, 2.45) is 0 Å². The van der Waals surface area contributed by atoms with E-state index >= 15 is 0 Å². The van der Waals surface area contributed by atoms with E-state index in [1.54, 1.807) is 13.8 Å². The molecule has 0 fully saturated rings. The molecule has 0 saturated carbocycles. The normalized spacial score (nSPS) is 13.2. The van der Waals surface area contributed by atoms with Crippen LogP contribution in [0.2, 0.25) is 0 Å². The first-order valence-electron chi connectivity index (χ1n) is 6.04. The van der Waals surface area contributed by atoms with Gasteiger partial charge in [-0.1, -0.05) is 30.3 Å². The fourth-order valence-corrected chi connectivity index (χ4v) is 3.44. The lowest BCUT2D eigenvalue weighted by Crippen LogP contribution is -2.17. The van der Waals surface area contributed by atoms with Crippen LogP contribution in [0.3, 0.4) is 0 Å². The van der Waals surface area contributed by atoms with Crippen molar-refractivity contribution >= 4 is 13.9 Å². The first-order valence-corrected chi connectivity index (χ1v) is 7.65. The molecule has 1 atom stereocenters. The van der Waals surface area contributed by atoms with Crippen molar-refractivity contribution < 1.29 is 18.4 Å². The van der Waals surface area contributed by atoms with Gasteiger partial charge in [0.1, 0.15) is 11.9 Å². The van der Waals surface area contributed by atoms with Gasteiger partial charge in [0.25, 0.3) is 0 Å². The molecular formula is C13H19O4P. The Hall–Kier alpha value is -0.960. The molecule has 1 aromatic carbocycles. The van der Waals surface area contributed by atoms with Crippen LogP contribution in [-0.2, 0) is 24.8 Å². The maximum Gasteiger partial charge on any atom is 0.341 e. The summed E-state index contributed by atoms with van der Waals surface area (Å²) in [7, 11) is -3.36. The third-order valence-electron chi connectivity index (χ3n) is 2.47. The van der Waals surface area contributed by atoms with Gasteiger partial charge in [-0.25, -0.2) is 0 Å². The van der Waals surface area contributed by atoms with Gasteiger partial charge >= 0.3 is 7.60 Å². The van der Waals surface area contributed by atoms with E-state index < -0.39 is 13.3 Å². The highest BCUT2D eigenvalue weighted by atomic mass is 31.2. The third-order valence-corrected chi connectivity index (χ3v) is 4.82. The van der Waals surface area contributed by atoms with Crippen LogP contribution in [0.5, 0.6) is 0 Å². The van der Waals surface area contributed by atoms with Crippen molar-refractivity contribution in [1.82, 2.24) is 0 Å². The van der Waals surface area contributed by atoms with E-state index in [2.05, 4.69) is 0 Å². The minimum Gasteiger partial charge on any atom is -0.308 e. The number of carbonyl (C=O) groups is 1. The van der Waals surface area contributed by atoms with Crippen molar-refractivity contribution in [3.63, 3.8) is 0 Å². The minimum absolute atomic E-state index is 0.260. The van der Waals surface area contributed by atoms with Gasteiger partial charge in [0.2, 0.25) is 0 Å². The lowest BCUT2D eigenvalue weighted by Gasteiger charge is -2.22. The molecular weight excluding hydrogens is 251 g/mol. The van der Waals surface area contributed by atoms with Crippen LogP contribution in [0.1, 0.15) is 19.4 Å². The van der Waals surface area contributed by atoms with Gasteiger partial charge in [0.05, 0.1) is 13.2 Å². The van der Waals surface area contributed by atoms with Crippen molar-refractivity contribution in [1.29, 1.82) is 0 Å². The third kappa shape index (κ3) is 4.05.